The lowest BCUT2D eigenvalue weighted by molar-refractivity contribution is 0.111. The number of aliphatic hydroxyl groups is 1. The standard InChI is InChI=1S/C16H25BrN2O/c1-13(2)11-19-9-7-16(12-20,8-10-19)18-15-6-4-3-5-14(15)17/h3-6,13,18,20H,7-12H2,1-2H3. The first kappa shape index (κ1) is 15.8. The summed E-state index contributed by atoms with van der Waals surface area (Å²) >= 11 is 3.57. The fraction of sp³-hybridized carbons (Fsp3) is 0.625. The highest BCUT2D eigenvalue weighted by atomic mass is 79.9. The highest BCUT2D eigenvalue weighted by molar-refractivity contribution is 9.10. The lowest BCUT2D eigenvalue weighted by Crippen LogP contribution is -2.52. The number of para-hydroxylation sites is 1. The largest absolute Gasteiger partial charge is 0.394 e. The number of aliphatic hydroxyl groups excluding tert-OH is 1. The van der Waals surface area contributed by atoms with Crippen LogP contribution < -0.4 is 5.32 Å². The molecule has 4 heteroatoms. The van der Waals surface area contributed by atoms with Crippen molar-refractivity contribution in [2.75, 3.05) is 31.6 Å². The minimum Gasteiger partial charge on any atom is -0.394 e. The topological polar surface area (TPSA) is 35.5 Å². The molecular weight excluding hydrogens is 316 g/mol. The van der Waals surface area contributed by atoms with Crippen LogP contribution in [0.5, 0.6) is 0 Å². The predicted molar refractivity (Wildman–Crippen MR) is 88.1 cm³/mol. The van der Waals surface area contributed by atoms with E-state index in [1.807, 2.05) is 18.2 Å². The van der Waals surface area contributed by atoms with Gasteiger partial charge < -0.3 is 15.3 Å². The van der Waals surface area contributed by atoms with Gasteiger partial charge in [-0.2, -0.15) is 0 Å². The van der Waals surface area contributed by atoms with Gasteiger partial charge in [0.25, 0.3) is 0 Å². The Morgan fingerprint density at radius 3 is 2.50 bits per heavy atom. The fourth-order valence-electron chi connectivity index (χ4n) is 2.85. The third-order valence-electron chi connectivity index (χ3n) is 4.01. The first-order valence-electron chi connectivity index (χ1n) is 7.40. The van der Waals surface area contributed by atoms with Crippen LogP contribution in [0.25, 0.3) is 0 Å². The number of hydrogen-bond donors (Lipinski definition) is 2. The van der Waals surface area contributed by atoms with E-state index in [2.05, 4.69) is 46.1 Å². The second-order valence-electron chi connectivity index (χ2n) is 6.24. The van der Waals surface area contributed by atoms with Crippen LogP contribution in [0.1, 0.15) is 26.7 Å². The van der Waals surface area contributed by atoms with E-state index in [4.69, 9.17) is 0 Å². The molecule has 2 rings (SSSR count). The molecule has 0 aliphatic carbocycles. The molecule has 2 N–H and O–H groups in total. The Balaban J connectivity index is 2.00. The average Bonchev–Trinajstić information content (AvgIpc) is 2.43. The second kappa shape index (κ2) is 6.92. The van der Waals surface area contributed by atoms with Gasteiger partial charge in [0.05, 0.1) is 12.1 Å². The van der Waals surface area contributed by atoms with Crippen molar-refractivity contribution in [3.8, 4) is 0 Å². The normalized spacial score (nSPS) is 19.2. The molecule has 1 aromatic carbocycles. The third kappa shape index (κ3) is 3.96. The Kier molecular flexibility index (Phi) is 5.47. The molecule has 112 valence electrons. The summed E-state index contributed by atoms with van der Waals surface area (Å²) in [7, 11) is 0. The number of benzene rings is 1. The van der Waals surface area contributed by atoms with E-state index in [1.54, 1.807) is 0 Å². The van der Waals surface area contributed by atoms with E-state index in [1.165, 1.54) is 0 Å². The van der Waals surface area contributed by atoms with E-state index < -0.39 is 0 Å². The molecule has 3 nitrogen and oxygen atoms in total. The summed E-state index contributed by atoms with van der Waals surface area (Å²) in [4.78, 5) is 2.50. The van der Waals surface area contributed by atoms with E-state index in [9.17, 15) is 5.11 Å². The quantitative estimate of drug-likeness (QED) is 0.862. The van der Waals surface area contributed by atoms with Crippen LogP contribution in [-0.2, 0) is 0 Å². The maximum absolute atomic E-state index is 9.87. The predicted octanol–water partition coefficient (Wildman–Crippen LogP) is 3.34. The zero-order valence-electron chi connectivity index (χ0n) is 12.4. The van der Waals surface area contributed by atoms with Crippen LogP contribution in [0.3, 0.4) is 0 Å². The van der Waals surface area contributed by atoms with Crippen molar-refractivity contribution >= 4 is 21.6 Å². The molecule has 1 aliphatic heterocycles. The number of nitrogens with one attached hydrogen (secondary N) is 1. The lowest BCUT2D eigenvalue weighted by atomic mass is 9.87. The molecule has 0 amide bonds. The van der Waals surface area contributed by atoms with Crippen LogP contribution in [0, 0.1) is 5.92 Å². The van der Waals surface area contributed by atoms with Crippen LogP contribution in [-0.4, -0.2) is 41.8 Å². The molecule has 0 saturated carbocycles. The number of piperidine rings is 1. The molecular formula is C16H25BrN2O. The van der Waals surface area contributed by atoms with Crippen LogP contribution in [0.2, 0.25) is 0 Å². The maximum atomic E-state index is 9.87. The summed E-state index contributed by atoms with van der Waals surface area (Å²) in [5, 5.41) is 13.4. The lowest BCUT2D eigenvalue weighted by Gasteiger charge is -2.42. The number of halogens is 1. The van der Waals surface area contributed by atoms with Gasteiger partial charge in [-0.15, -0.1) is 0 Å². The van der Waals surface area contributed by atoms with E-state index in [-0.39, 0.29) is 12.1 Å². The van der Waals surface area contributed by atoms with Crippen molar-refractivity contribution in [3.05, 3.63) is 28.7 Å². The van der Waals surface area contributed by atoms with Gasteiger partial charge in [0.15, 0.2) is 0 Å². The summed E-state index contributed by atoms with van der Waals surface area (Å²) in [5.74, 6) is 0.702. The summed E-state index contributed by atoms with van der Waals surface area (Å²) in [5.41, 5.74) is 0.885. The number of nitrogens with zero attached hydrogens (tertiary/aromatic N) is 1. The minimum atomic E-state index is -0.183. The Morgan fingerprint density at radius 1 is 1.30 bits per heavy atom. The zero-order valence-corrected chi connectivity index (χ0v) is 14.0. The summed E-state index contributed by atoms with van der Waals surface area (Å²) in [6, 6.07) is 8.11. The van der Waals surface area contributed by atoms with Crippen molar-refractivity contribution in [1.82, 2.24) is 4.90 Å². The Bertz CT molecular complexity index is 428. The molecule has 0 radical (unpaired) electrons. The zero-order chi connectivity index (χ0) is 14.6. The number of anilines is 1. The van der Waals surface area contributed by atoms with Gasteiger partial charge in [-0.3, -0.25) is 0 Å². The minimum absolute atomic E-state index is 0.183. The fourth-order valence-corrected chi connectivity index (χ4v) is 3.23. The SMILES string of the molecule is CC(C)CN1CCC(CO)(Nc2ccccc2Br)CC1. The van der Waals surface area contributed by atoms with Crippen molar-refractivity contribution in [1.29, 1.82) is 0 Å². The first-order valence-corrected chi connectivity index (χ1v) is 8.20. The Hall–Kier alpha value is -0.580. The number of hydrogen-bond acceptors (Lipinski definition) is 3. The summed E-state index contributed by atoms with van der Waals surface area (Å²) < 4.78 is 1.05. The van der Waals surface area contributed by atoms with Crippen molar-refractivity contribution in [2.24, 2.45) is 5.92 Å². The van der Waals surface area contributed by atoms with Gasteiger partial charge in [-0.05, 0) is 46.8 Å². The Morgan fingerprint density at radius 2 is 1.95 bits per heavy atom. The molecule has 1 fully saturated rings. The van der Waals surface area contributed by atoms with Crippen molar-refractivity contribution < 1.29 is 5.11 Å². The molecule has 1 aromatic rings. The summed E-state index contributed by atoms with van der Waals surface area (Å²) in [6.07, 6.45) is 1.97. The van der Waals surface area contributed by atoms with E-state index >= 15 is 0 Å². The van der Waals surface area contributed by atoms with Gasteiger partial charge in [0, 0.05) is 29.8 Å². The van der Waals surface area contributed by atoms with Crippen LogP contribution >= 0.6 is 15.9 Å². The molecule has 20 heavy (non-hydrogen) atoms. The first-order chi connectivity index (χ1) is 9.54. The highest BCUT2D eigenvalue weighted by Crippen LogP contribution is 2.30. The van der Waals surface area contributed by atoms with Gasteiger partial charge in [-0.25, -0.2) is 0 Å². The van der Waals surface area contributed by atoms with Gasteiger partial charge in [0.1, 0.15) is 0 Å². The molecule has 0 atom stereocenters. The van der Waals surface area contributed by atoms with E-state index in [0.717, 1.165) is 42.6 Å². The smallest absolute Gasteiger partial charge is 0.0662 e. The highest BCUT2D eigenvalue weighted by Gasteiger charge is 2.34. The molecule has 1 aliphatic rings. The number of likely N-dealkylation sites (tertiary alicyclic amines) is 1. The Labute approximate surface area is 130 Å². The van der Waals surface area contributed by atoms with Gasteiger partial charge in [-0.1, -0.05) is 26.0 Å². The summed E-state index contributed by atoms with van der Waals surface area (Å²) in [6.45, 7) is 7.95. The van der Waals surface area contributed by atoms with Crippen LogP contribution in [0.4, 0.5) is 5.69 Å². The van der Waals surface area contributed by atoms with Crippen LogP contribution in [0.15, 0.2) is 28.7 Å². The second-order valence-corrected chi connectivity index (χ2v) is 7.09. The molecule has 1 heterocycles. The van der Waals surface area contributed by atoms with Crippen molar-refractivity contribution in [3.63, 3.8) is 0 Å². The number of rotatable bonds is 5. The van der Waals surface area contributed by atoms with E-state index in [0.29, 0.717) is 5.92 Å². The maximum Gasteiger partial charge on any atom is 0.0662 e. The molecule has 0 aromatic heterocycles. The molecule has 1 saturated heterocycles. The van der Waals surface area contributed by atoms with Crippen molar-refractivity contribution in [2.45, 2.75) is 32.2 Å². The monoisotopic (exact) mass is 340 g/mol. The molecule has 0 spiro atoms. The third-order valence-corrected chi connectivity index (χ3v) is 4.70. The van der Waals surface area contributed by atoms with Gasteiger partial charge in [0.2, 0.25) is 0 Å². The molecule has 0 bridgehead atoms. The van der Waals surface area contributed by atoms with Gasteiger partial charge >= 0.3 is 0 Å². The average molecular weight is 341 g/mol. The molecule has 0 unspecified atom stereocenters.